The zero-order chi connectivity index (χ0) is 20.5. The Bertz CT molecular complexity index is 940. The van der Waals surface area contributed by atoms with Crippen molar-refractivity contribution >= 4 is 17.7 Å². The second-order valence-corrected chi connectivity index (χ2v) is 7.60. The molecular weight excluding hydrogens is 372 g/mol. The maximum absolute atomic E-state index is 12.7. The maximum atomic E-state index is 12.7. The first kappa shape index (κ1) is 19.4. The van der Waals surface area contributed by atoms with Crippen LogP contribution in [0.15, 0.2) is 41.0 Å². The molecule has 0 saturated carbocycles. The molecule has 2 aliphatic rings. The van der Waals surface area contributed by atoms with E-state index in [1.807, 2.05) is 31.2 Å². The summed E-state index contributed by atoms with van der Waals surface area (Å²) in [6.07, 6.45) is 2.22. The summed E-state index contributed by atoms with van der Waals surface area (Å²) < 4.78 is 5.36. The Morgan fingerprint density at radius 2 is 2.14 bits per heavy atom. The third-order valence-electron chi connectivity index (χ3n) is 5.63. The molecule has 8 nitrogen and oxygen atoms in total. The first-order valence-electron chi connectivity index (χ1n) is 9.73. The van der Waals surface area contributed by atoms with Crippen LogP contribution in [0.3, 0.4) is 0 Å². The molecule has 0 aliphatic carbocycles. The first-order chi connectivity index (χ1) is 13.9. The first-order valence-corrected chi connectivity index (χ1v) is 9.73. The van der Waals surface area contributed by atoms with Gasteiger partial charge in [0.1, 0.15) is 11.8 Å². The summed E-state index contributed by atoms with van der Waals surface area (Å²) in [5, 5.41) is 5.71. The van der Waals surface area contributed by atoms with Gasteiger partial charge in [-0.05, 0) is 42.7 Å². The molecule has 4 rings (SSSR count). The smallest absolute Gasteiger partial charge is 0.255 e. The van der Waals surface area contributed by atoms with E-state index in [2.05, 4.69) is 10.6 Å². The average molecular weight is 396 g/mol. The Morgan fingerprint density at radius 1 is 1.31 bits per heavy atom. The lowest BCUT2D eigenvalue weighted by Crippen LogP contribution is -2.52. The van der Waals surface area contributed by atoms with Gasteiger partial charge in [-0.2, -0.15) is 0 Å². The fraction of sp³-hybridized carbons (Fsp3) is 0.381. The fourth-order valence-electron chi connectivity index (χ4n) is 3.87. The Hall–Kier alpha value is -2.97. The zero-order valence-corrected chi connectivity index (χ0v) is 16.2. The molecule has 3 heterocycles. The van der Waals surface area contributed by atoms with Gasteiger partial charge in [0.25, 0.3) is 5.91 Å². The van der Waals surface area contributed by atoms with Crippen molar-refractivity contribution in [1.29, 1.82) is 0 Å². The molecule has 0 bridgehead atoms. The number of rotatable bonds is 6. The number of hydrogen-bond donors (Lipinski definition) is 3. The number of nitrogens with zero attached hydrogens (tertiary/aromatic N) is 1. The van der Waals surface area contributed by atoms with Gasteiger partial charge in [-0.1, -0.05) is 12.1 Å². The number of furan rings is 1. The number of amides is 3. The molecule has 1 saturated heterocycles. The minimum Gasteiger partial charge on any atom is -0.468 e. The van der Waals surface area contributed by atoms with Crippen LogP contribution < -0.4 is 16.4 Å². The lowest BCUT2D eigenvalue weighted by atomic mass is 10.0. The molecule has 3 amide bonds. The van der Waals surface area contributed by atoms with Gasteiger partial charge >= 0.3 is 0 Å². The SMILES string of the molecule is CC(NCc1ccc2c(c1)CN(C1CCC(=O)NC1=O)C2=O)C(N)c1ccco1. The Kier molecular flexibility index (Phi) is 5.21. The number of hydrogen-bond acceptors (Lipinski definition) is 6. The number of nitrogens with two attached hydrogens (primary N) is 1. The minimum atomic E-state index is -0.597. The van der Waals surface area contributed by atoms with Crippen LogP contribution >= 0.6 is 0 Å². The molecule has 1 fully saturated rings. The van der Waals surface area contributed by atoms with E-state index in [0.717, 1.165) is 16.9 Å². The van der Waals surface area contributed by atoms with Crippen molar-refractivity contribution in [2.45, 2.75) is 51.0 Å². The Morgan fingerprint density at radius 3 is 2.86 bits per heavy atom. The minimum absolute atomic E-state index is 0.00370. The highest BCUT2D eigenvalue weighted by Crippen LogP contribution is 2.28. The van der Waals surface area contributed by atoms with Crippen LogP contribution in [0.25, 0.3) is 0 Å². The number of fused-ring (bicyclic) bond motifs is 1. The largest absolute Gasteiger partial charge is 0.468 e. The second kappa shape index (κ2) is 7.81. The quantitative estimate of drug-likeness (QED) is 0.632. The summed E-state index contributed by atoms with van der Waals surface area (Å²) in [5.41, 5.74) is 8.74. The third kappa shape index (κ3) is 3.81. The molecule has 0 spiro atoms. The van der Waals surface area contributed by atoms with Gasteiger partial charge in [0.05, 0.1) is 12.3 Å². The van der Waals surface area contributed by atoms with E-state index in [1.165, 1.54) is 0 Å². The van der Waals surface area contributed by atoms with E-state index in [-0.39, 0.29) is 30.3 Å². The zero-order valence-electron chi connectivity index (χ0n) is 16.2. The van der Waals surface area contributed by atoms with Gasteiger partial charge in [-0.15, -0.1) is 0 Å². The average Bonchev–Trinajstić information content (AvgIpc) is 3.34. The fourth-order valence-corrected chi connectivity index (χ4v) is 3.87. The van der Waals surface area contributed by atoms with E-state index in [4.69, 9.17) is 10.2 Å². The van der Waals surface area contributed by atoms with Crippen LogP contribution in [0.4, 0.5) is 0 Å². The molecule has 3 unspecified atom stereocenters. The number of nitrogens with one attached hydrogen (secondary N) is 2. The maximum Gasteiger partial charge on any atom is 0.255 e. The summed E-state index contributed by atoms with van der Waals surface area (Å²) >= 11 is 0. The van der Waals surface area contributed by atoms with E-state index in [1.54, 1.807) is 17.2 Å². The molecule has 29 heavy (non-hydrogen) atoms. The van der Waals surface area contributed by atoms with Crippen molar-refractivity contribution in [3.63, 3.8) is 0 Å². The molecule has 0 radical (unpaired) electrons. The van der Waals surface area contributed by atoms with Crippen molar-refractivity contribution < 1.29 is 18.8 Å². The van der Waals surface area contributed by atoms with E-state index < -0.39 is 11.9 Å². The van der Waals surface area contributed by atoms with Gasteiger partial charge in [0.2, 0.25) is 11.8 Å². The summed E-state index contributed by atoms with van der Waals surface area (Å²) in [7, 11) is 0. The van der Waals surface area contributed by atoms with E-state index in [0.29, 0.717) is 25.1 Å². The van der Waals surface area contributed by atoms with Crippen LogP contribution in [0.2, 0.25) is 0 Å². The molecule has 2 aliphatic heterocycles. The predicted molar refractivity (Wildman–Crippen MR) is 104 cm³/mol. The van der Waals surface area contributed by atoms with Gasteiger partial charge < -0.3 is 20.4 Å². The molecule has 8 heteroatoms. The molecule has 1 aromatic carbocycles. The lowest BCUT2D eigenvalue weighted by Gasteiger charge is -2.29. The highest BCUT2D eigenvalue weighted by molar-refractivity contribution is 6.05. The van der Waals surface area contributed by atoms with Crippen molar-refractivity contribution in [1.82, 2.24) is 15.5 Å². The summed E-state index contributed by atoms with van der Waals surface area (Å²) in [6, 6.07) is 8.50. The molecule has 2 aromatic rings. The van der Waals surface area contributed by atoms with Crippen molar-refractivity contribution in [3.8, 4) is 0 Å². The molecule has 1 aromatic heterocycles. The van der Waals surface area contributed by atoms with Gasteiger partial charge in [-0.25, -0.2) is 0 Å². The number of piperidine rings is 1. The van der Waals surface area contributed by atoms with Crippen LogP contribution in [0.5, 0.6) is 0 Å². The van der Waals surface area contributed by atoms with Gasteiger partial charge in [0.15, 0.2) is 0 Å². The molecule has 3 atom stereocenters. The highest BCUT2D eigenvalue weighted by atomic mass is 16.3. The van der Waals surface area contributed by atoms with Crippen LogP contribution in [-0.4, -0.2) is 34.7 Å². The third-order valence-corrected chi connectivity index (χ3v) is 5.63. The number of benzene rings is 1. The predicted octanol–water partition coefficient (Wildman–Crippen LogP) is 1.22. The van der Waals surface area contributed by atoms with Crippen LogP contribution in [0, 0.1) is 0 Å². The number of carbonyl (C=O) groups is 3. The molecular formula is C21H24N4O4. The van der Waals surface area contributed by atoms with Gasteiger partial charge in [-0.3, -0.25) is 19.7 Å². The van der Waals surface area contributed by atoms with E-state index >= 15 is 0 Å². The summed E-state index contributed by atoms with van der Waals surface area (Å²) in [5.74, 6) is -0.123. The summed E-state index contributed by atoms with van der Waals surface area (Å²) in [4.78, 5) is 37.8. The van der Waals surface area contributed by atoms with Crippen molar-refractivity contribution in [2.24, 2.45) is 5.73 Å². The monoisotopic (exact) mass is 396 g/mol. The molecule has 152 valence electrons. The normalized spacial score (nSPS) is 21.1. The van der Waals surface area contributed by atoms with Crippen LogP contribution in [-0.2, 0) is 22.7 Å². The standard InChI is InChI=1S/C21H24N4O4/c1-12(19(22)17-3-2-8-29-17)23-10-13-4-5-15-14(9-13)11-25(21(15)28)16-6-7-18(26)24-20(16)27/h2-5,8-9,12,16,19,23H,6-7,10-11,22H2,1H3,(H,24,26,27). The molecule has 4 N–H and O–H groups in total. The number of imide groups is 1. The van der Waals surface area contributed by atoms with Gasteiger partial charge in [0, 0.05) is 31.1 Å². The van der Waals surface area contributed by atoms with Crippen molar-refractivity contribution in [2.75, 3.05) is 0 Å². The summed E-state index contributed by atoms with van der Waals surface area (Å²) in [6.45, 7) is 2.96. The van der Waals surface area contributed by atoms with Crippen molar-refractivity contribution in [3.05, 3.63) is 59.0 Å². The highest BCUT2D eigenvalue weighted by Gasteiger charge is 2.39. The Labute approximate surface area is 168 Å². The lowest BCUT2D eigenvalue weighted by molar-refractivity contribution is -0.136. The van der Waals surface area contributed by atoms with E-state index in [9.17, 15) is 14.4 Å². The second-order valence-electron chi connectivity index (χ2n) is 7.60. The van der Waals surface area contributed by atoms with Crippen LogP contribution in [0.1, 0.15) is 53.1 Å². The number of carbonyl (C=O) groups excluding carboxylic acids is 3. The topological polar surface area (TPSA) is 118 Å². The Balaban J connectivity index is 1.41.